The van der Waals surface area contributed by atoms with Gasteiger partial charge < -0.3 is 28.6 Å². The number of carbonyl (C=O) groups excluding carboxylic acids is 3. The van der Waals surface area contributed by atoms with Crippen LogP contribution in [0, 0.1) is 0 Å². The van der Waals surface area contributed by atoms with Gasteiger partial charge in [-0.05, 0) is 70.6 Å². The number of esters is 2. The summed E-state index contributed by atoms with van der Waals surface area (Å²) in [7, 11) is 5.37. The van der Waals surface area contributed by atoms with Crippen molar-refractivity contribution in [3.63, 3.8) is 0 Å². The van der Waals surface area contributed by atoms with Gasteiger partial charge in [-0.15, -0.1) is 0 Å². The van der Waals surface area contributed by atoms with Gasteiger partial charge in [-0.1, -0.05) is 107 Å². The first-order valence-corrected chi connectivity index (χ1v) is 19.3. The van der Waals surface area contributed by atoms with Gasteiger partial charge in [0.25, 0.3) is 0 Å². The largest absolute Gasteiger partial charge is 0.544 e. The Morgan fingerprint density at radius 3 is 1.60 bits per heavy atom. The Hall–Kier alpha value is -2.97. The lowest BCUT2D eigenvalue weighted by atomic mass is 10.1. The van der Waals surface area contributed by atoms with Gasteiger partial charge in [-0.25, -0.2) is 0 Å². The molecule has 0 rings (SSSR count). The van der Waals surface area contributed by atoms with Crippen molar-refractivity contribution in [2.75, 3.05) is 41.0 Å². The Morgan fingerprint density at radius 2 is 1.06 bits per heavy atom. The second kappa shape index (κ2) is 33.2. The van der Waals surface area contributed by atoms with E-state index in [0.29, 0.717) is 12.8 Å². The molecule has 0 saturated heterocycles. The molecule has 0 radical (unpaired) electrons. The summed E-state index contributed by atoms with van der Waals surface area (Å²) in [4.78, 5) is 36.6. The lowest BCUT2D eigenvalue weighted by molar-refractivity contribution is -0.889. The van der Waals surface area contributed by atoms with E-state index in [1.807, 2.05) is 0 Å². The van der Waals surface area contributed by atoms with Gasteiger partial charge in [-0.2, -0.15) is 0 Å². The van der Waals surface area contributed by atoms with Crippen molar-refractivity contribution in [3.05, 3.63) is 60.8 Å². The molecule has 50 heavy (non-hydrogen) atoms. The first-order valence-electron chi connectivity index (χ1n) is 19.3. The van der Waals surface area contributed by atoms with Gasteiger partial charge in [0.15, 0.2) is 6.10 Å². The number of unbranched alkanes of at least 4 members (excludes halogenated alkanes) is 9. The van der Waals surface area contributed by atoms with Gasteiger partial charge in [0.05, 0.1) is 40.3 Å². The molecule has 0 aliphatic carbocycles. The number of aliphatic carboxylic acids is 1. The van der Waals surface area contributed by atoms with Crippen molar-refractivity contribution in [2.24, 2.45) is 0 Å². The van der Waals surface area contributed by atoms with Crippen molar-refractivity contribution in [2.45, 2.75) is 148 Å². The first-order chi connectivity index (χ1) is 24.1. The molecule has 0 amide bonds. The van der Waals surface area contributed by atoms with E-state index in [-0.39, 0.29) is 49.1 Å². The highest BCUT2D eigenvalue weighted by atomic mass is 16.6. The lowest BCUT2D eigenvalue weighted by Crippen LogP contribution is -2.55. The van der Waals surface area contributed by atoms with E-state index in [0.717, 1.165) is 70.6 Å². The third-order valence-electron chi connectivity index (χ3n) is 8.15. The highest BCUT2D eigenvalue weighted by molar-refractivity contribution is 5.70. The second-order valence-corrected chi connectivity index (χ2v) is 13.7. The maximum Gasteiger partial charge on any atom is 0.306 e. The molecule has 0 fully saturated rings. The molecule has 0 aliphatic rings. The molecule has 0 bridgehead atoms. The summed E-state index contributed by atoms with van der Waals surface area (Å²) in [6.07, 6.45) is 38.2. The molecule has 2 atom stereocenters. The average molecular weight is 702 g/mol. The number of hydrogen-bond donors (Lipinski definition) is 0. The fourth-order valence-corrected chi connectivity index (χ4v) is 5.18. The molecular weight excluding hydrogens is 630 g/mol. The summed E-state index contributed by atoms with van der Waals surface area (Å²) in [5.41, 5.74) is 0. The van der Waals surface area contributed by atoms with Crippen LogP contribution in [0.2, 0.25) is 0 Å². The van der Waals surface area contributed by atoms with Gasteiger partial charge in [0.1, 0.15) is 12.6 Å². The van der Waals surface area contributed by atoms with Crippen LogP contribution in [0.1, 0.15) is 136 Å². The number of allylic oxidation sites excluding steroid dienone is 10. The quantitative estimate of drug-likeness (QED) is 0.0293. The van der Waals surface area contributed by atoms with Crippen LogP contribution in [0.4, 0.5) is 0 Å². The lowest BCUT2D eigenvalue weighted by Gasteiger charge is -2.34. The van der Waals surface area contributed by atoms with Crippen LogP contribution < -0.4 is 5.11 Å². The van der Waals surface area contributed by atoms with Gasteiger partial charge in [0.2, 0.25) is 0 Å². The van der Waals surface area contributed by atoms with E-state index in [9.17, 15) is 19.5 Å². The van der Waals surface area contributed by atoms with Gasteiger partial charge >= 0.3 is 11.9 Å². The minimum atomic E-state index is -1.14. The smallest absolute Gasteiger partial charge is 0.306 e. The molecule has 0 N–H and O–H groups in total. The van der Waals surface area contributed by atoms with Gasteiger partial charge in [0, 0.05) is 19.3 Å². The van der Waals surface area contributed by atoms with E-state index in [1.165, 1.54) is 25.7 Å². The zero-order valence-electron chi connectivity index (χ0n) is 32.3. The standard InChI is InChI=1S/C42H71NO7/c1-6-8-10-12-14-16-18-20-21-23-24-26-28-30-32-40(44)49-37-38(36-48-35-34-39(42(46)47)43(3,4)5)50-41(45)33-31-29-27-25-22-19-17-15-13-11-9-7-2/h8-11,14-17,22,25,38-39H,6-7,12-13,18-21,23-24,26-37H2,1-5H3/b10-8+,11-9+,16-14+,17-15+,25-22+. The zero-order valence-corrected chi connectivity index (χ0v) is 32.3. The molecule has 0 heterocycles. The predicted molar refractivity (Wildman–Crippen MR) is 203 cm³/mol. The van der Waals surface area contributed by atoms with Crippen molar-refractivity contribution < 1.29 is 38.2 Å². The van der Waals surface area contributed by atoms with Crippen molar-refractivity contribution >= 4 is 17.9 Å². The number of ether oxygens (including phenoxy) is 3. The summed E-state index contributed by atoms with van der Waals surface area (Å²) < 4.78 is 17.0. The summed E-state index contributed by atoms with van der Waals surface area (Å²) in [5, 5.41) is 11.6. The summed E-state index contributed by atoms with van der Waals surface area (Å²) in [5.74, 6) is -1.81. The highest BCUT2D eigenvalue weighted by Crippen LogP contribution is 2.12. The van der Waals surface area contributed by atoms with Gasteiger partial charge in [-0.3, -0.25) is 9.59 Å². The molecule has 8 heteroatoms. The third-order valence-corrected chi connectivity index (χ3v) is 8.15. The second-order valence-electron chi connectivity index (χ2n) is 13.7. The zero-order chi connectivity index (χ0) is 37.1. The number of carbonyl (C=O) groups is 3. The Kier molecular flexibility index (Phi) is 31.2. The van der Waals surface area contributed by atoms with Crippen molar-refractivity contribution in [1.82, 2.24) is 0 Å². The van der Waals surface area contributed by atoms with E-state index in [2.05, 4.69) is 74.6 Å². The van der Waals surface area contributed by atoms with Crippen LogP contribution in [-0.4, -0.2) is 75.5 Å². The van der Waals surface area contributed by atoms with E-state index in [1.54, 1.807) is 21.1 Å². The average Bonchev–Trinajstić information content (AvgIpc) is 3.06. The summed E-state index contributed by atoms with van der Waals surface area (Å²) in [6.45, 7) is 4.36. The third kappa shape index (κ3) is 31.0. The van der Waals surface area contributed by atoms with Crippen LogP contribution in [0.15, 0.2) is 60.8 Å². The molecule has 0 aromatic rings. The molecular formula is C42H71NO7. The summed E-state index contributed by atoms with van der Waals surface area (Å²) in [6, 6.07) is -0.734. The number of nitrogens with zero attached hydrogens (tertiary/aromatic N) is 1. The van der Waals surface area contributed by atoms with Crippen LogP contribution in [0.3, 0.4) is 0 Å². The Labute approximate surface area is 305 Å². The number of likely N-dealkylation sites (N-methyl/N-ethyl adjacent to an activating group) is 1. The summed E-state index contributed by atoms with van der Waals surface area (Å²) >= 11 is 0. The maximum absolute atomic E-state index is 12.6. The van der Waals surface area contributed by atoms with Crippen LogP contribution >= 0.6 is 0 Å². The highest BCUT2D eigenvalue weighted by Gasteiger charge is 2.25. The van der Waals surface area contributed by atoms with Crippen LogP contribution in [-0.2, 0) is 28.6 Å². The van der Waals surface area contributed by atoms with E-state index in [4.69, 9.17) is 14.2 Å². The molecule has 286 valence electrons. The van der Waals surface area contributed by atoms with Crippen LogP contribution in [0.5, 0.6) is 0 Å². The molecule has 0 aromatic carbocycles. The minimum absolute atomic E-state index is 0.0200. The molecule has 2 unspecified atom stereocenters. The molecule has 0 aromatic heterocycles. The van der Waals surface area contributed by atoms with E-state index >= 15 is 0 Å². The van der Waals surface area contributed by atoms with E-state index < -0.39 is 18.1 Å². The Morgan fingerprint density at radius 1 is 0.600 bits per heavy atom. The number of quaternary nitrogens is 1. The normalized spacial score (nSPS) is 13.7. The topological polar surface area (TPSA) is 102 Å². The van der Waals surface area contributed by atoms with Crippen LogP contribution in [0.25, 0.3) is 0 Å². The number of carboxylic acids is 1. The SMILES string of the molecule is CC/C=C/C/C=C/C/C=C/CCCCC(=O)OC(COCCC(C(=O)[O-])[N+](C)(C)C)COC(=O)CCCCCCCCC/C=C/C/C=C/CC. The number of carboxylic acid groups (broad SMARTS) is 1. The Balaban J connectivity index is 4.48. The van der Waals surface area contributed by atoms with Crippen molar-refractivity contribution in [1.29, 1.82) is 0 Å². The first kappa shape index (κ1) is 47.0. The number of hydrogen-bond acceptors (Lipinski definition) is 7. The minimum Gasteiger partial charge on any atom is -0.544 e. The van der Waals surface area contributed by atoms with Crippen molar-refractivity contribution in [3.8, 4) is 0 Å². The molecule has 0 aliphatic heterocycles. The maximum atomic E-state index is 12.6. The predicted octanol–water partition coefficient (Wildman–Crippen LogP) is 8.52. The molecule has 0 spiro atoms. The number of rotatable bonds is 33. The molecule has 0 saturated carbocycles. The fourth-order valence-electron chi connectivity index (χ4n) is 5.18. The fraction of sp³-hybridized carbons (Fsp3) is 0.690. The monoisotopic (exact) mass is 702 g/mol. The molecule has 8 nitrogen and oxygen atoms in total. The Bertz CT molecular complexity index is 1010.